The predicted octanol–water partition coefficient (Wildman–Crippen LogP) is 4.14. The van der Waals surface area contributed by atoms with E-state index in [1.54, 1.807) is 0 Å². The molecule has 0 aliphatic heterocycles. The molecule has 1 nitrogen and oxygen atoms in total. The van der Waals surface area contributed by atoms with E-state index in [2.05, 4.69) is 13.8 Å². The highest BCUT2D eigenvalue weighted by molar-refractivity contribution is 4.53. The minimum Gasteiger partial charge on any atom is -0.393 e. The molecule has 0 spiro atoms. The Morgan fingerprint density at radius 1 is 0.857 bits per heavy atom. The van der Waals surface area contributed by atoms with Crippen molar-refractivity contribution in [3.63, 3.8) is 0 Å². The lowest BCUT2D eigenvalue weighted by molar-refractivity contribution is 0.156. The molecular formula is C13H28O. The molecule has 0 aromatic carbocycles. The van der Waals surface area contributed by atoms with Gasteiger partial charge in [0.1, 0.15) is 0 Å². The Labute approximate surface area is 89.9 Å². The fourth-order valence-electron chi connectivity index (χ4n) is 1.67. The minimum absolute atomic E-state index is 0.0503. The fourth-order valence-corrected chi connectivity index (χ4v) is 1.67. The Kier molecular flexibility index (Phi) is 9.49. The summed E-state index contributed by atoms with van der Waals surface area (Å²) in [6, 6.07) is 0. The highest BCUT2D eigenvalue weighted by Crippen LogP contribution is 2.12. The summed E-state index contributed by atoms with van der Waals surface area (Å²) in [5.74, 6) is 0.858. The standard InChI is InChI=1S/C13H28O/c1-4-13(14)11-9-7-5-6-8-10-12(2)3/h12-14H,4-11H2,1-3H3. The van der Waals surface area contributed by atoms with Crippen molar-refractivity contribution >= 4 is 0 Å². The first-order chi connectivity index (χ1) is 6.66. The molecule has 0 aliphatic rings. The van der Waals surface area contributed by atoms with Crippen molar-refractivity contribution in [2.75, 3.05) is 0 Å². The van der Waals surface area contributed by atoms with E-state index >= 15 is 0 Å². The lowest BCUT2D eigenvalue weighted by Crippen LogP contribution is -2.03. The average molecular weight is 200 g/mol. The summed E-state index contributed by atoms with van der Waals surface area (Å²) in [4.78, 5) is 0. The zero-order chi connectivity index (χ0) is 10.8. The Morgan fingerprint density at radius 2 is 1.36 bits per heavy atom. The molecule has 0 aromatic heterocycles. The molecule has 14 heavy (non-hydrogen) atoms. The number of rotatable bonds is 9. The summed E-state index contributed by atoms with van der Waals surface area (Å²) in [7, 11) is 0. The van der Waals surface area contributed by atoms with Crippen LogP contribution in [0, 0.1) is 5.92 Å². The van der Waals surface area contributed by atoms with Crippen LogP contribution in [0.4, 0.5) is 0 Å². The molecule has 86 valence electrons. The van der Waals surface area contributed by atoms with Crippen LogP contribution in [0.5, 0.6) is 0 Å². The van der Waals surface area contributed by atoms with Gasteiger partial charge in [0.25, 0.3) is 0 Å². The molecule has 0 amide bonds. The Bertz CT molecular complexity index is 110. The maximum absolute atomic E-state index is 9.33. The molecule has 0 radical (unpaired) electrons. The van der Waals surface area contributed by atoms with E-state index < -0.39 is 0 Å². The average Bonchev–Trinajstić information content (AvgIpc) is 2.15. The first-order valence-electron chi connectivity index (χ1n) is 6.34. The first-order valence-corrected chi connectivity index (χ1v) is 6.34. The van der Waals surface area contributed by atoms with Crippen molar-refractivity contribution in [1.82, 2.24) is 0 Å². The van der Waals surface area contributed by atoms with Crippen LogP contribution in [-0.4, -0.2) is 11.2 Å². The molecule has 0 aliphatic carbocycles. The van der Waals surface area contributed by atoms with Gasteiger partial charge in [-0.1, -0.05) is 59.3 Å². The van der Waals surface area contributed by atoms with Gasteiger partial charge in [0, 0.05) is 0 Å². The second-order valence-corrected chi connectivity index (χ2v) is 4.80. The third-order valence-corrected chi connectivity index (χ3v) is 2.79. The lowest BCUT2D eigenvalue weighted by Gasteiger charge is -2.07. The van der Waals surface area contributed by atoms with Crippen molar-refractivity contribution in [3.8, 4) is 0 Å². The van der Waals surface area contributed by atoms with E-state index in [1.807, 2.05) is 6.92 Å². The summed E-state index contributed by atoms with van der Waals surface area (Å²) >= 11 is 0. The van der Waals surface area contributed by atoms with Gasteiger partial charge in [-0.25, -0.2) is 0 Å². The normalized spacial score (nSPS) is 13.5. The van der Waals surface area contributed by atoms with E-state index in [1.165, 1.54) is 38.5 Å². The molecule has 0 saturated heterocycles. The molecule has 0 aromatic rings. The summed E-state index contributed by atoms with van der Waals surface area (Å²) in [5, 5.41) is 9.33. The summed E-state index contributed by atoms with van der Waals surface area (Å²) in [6.45, 7) is 6.63. The van der Waals surface area contributed by atoms with E-state index in [4.69, 9.17) is 0 Å². The number of aliphatic hydroxyl groups is 1. The highest BCUT2D eigenvalue weighted by atomic mass is 16.3. The van der Waals surface area contributed by atoms with Crippen LogP contribution in [0.15, 0.2) is 0 Å². The van der Waals surface area contributed by atoms with Gasteiger partial charge >= 0.3 is 0 Å². The van der Waals surface area contributed by atoms with Gasteiger partial charge in [-0.05, 0) is 18.8 Å². The monoisotopic (exact) mass is 200 g/mol. The number of hydrogen-bond donors (Lipinski definition) is 1. The molecule has 1 unspecified atom stereocenters. The zero-order valence-corrected chi connectivity index (χ0v) is 10.3. The maximum atomic E-state index is 9.33. The smallest absolute Gasteiger partial charge is 0.0537 e. The van der Waals surface area contributed by atoms with Crippen LogP contribution in [0.2, 0.25) is 0 Å². The summed E-state index contributed by atoms with van der Waals surface area (Å²) < 4.78 is 0. The molecule has 0 heterocycles. The van der Waals surface area contributed by atoms with E-state index in [0.29, 0.717) is 0 Å². The zero-order valence-electron chi connectivity index (χ0n) is 10.3. The second-order valence-electron chi connectivity index (χ2n) is 4.80. The molecule has 0 rings (SSSR count). The van der Waals surface area contributed by atoms with Gasteiger partial charge in [0.15, 0.2) is 0 Å². The molecule has 0 fully saturated rings. The largest absolute Gasteiger partial charge is 0.393 e. The number of aliphatic hydroxyl groups excluding tert-OH is 1. The van der Waals surface area contributed by atoms with Crippen LogP contribution >= 0.6 is 0 Å². The molecule has 0 saturated carbocycles. The SMILES string of the molecule is CCC(O)CCCCCCCC(C)C. The summed E-state index contributed by atoms with van der Waals surface area (Å²) in [6.07, 6.45) is 9.85. The van der Waals surface area contributed by atoms with Crippen molar-refractivity contribution < 1.29 is 5.11 Å². The van der Waals surface area contributed by atoms with Crippen molar-refractivity contribution in [2.24, 2.45) is 5.92 Å². The molecule has 0 bridgehead atoms. The summed E-state index contributed by atoms with van der Waals surface area (Å²) in [5.41, 5.74) is 0. The first kappa shape index (κ1) is 14.0. The van der Waals surface area contributed by atoms with Crippen LogP contribution in [-0.2, 0) is 0 Å². The van der Waals surface area contributed by atoms with Crippen molar-refractivity contribution in [2.45, 2.75) is 78.2 Å². The van der Waals surface area contributed by atoms with Crippen LogP contribution in [0.1, 0.15) is 72.1 Å². The van der Waals surface area contributed by atoms with Gasteiger partial charge in [-0.15, -0.1) is 0 Å². The minimum atomic E-state index is -0.0503. The Balaban J connectivity index is 2.99. The third kappa shape index (κ3) is 10.0. The van der Waals surface area contributed by atoms with Crippen molar-refractivity contribution in [1.29, 1.82) is 0 Å². The Morgan fingerprint density at radius 3 is 1.86 bits per heavy atom. The number of unbranched alkanes of at least 4 members (excludes halogenated alkanes) is 4. The third-order valence-electron chi connectivity index (χ3n) is 2.79. The molecule has 1 atom stereocenters. The predicted molar refractivity (Wildman–Crippen MR) is 63.5 cm³/mol. The number of hydrogen-bond acceptors (Lipinski definition) is 1. The second kappa shape index (κ2) is 9.51. The van der Waals surface area contributed by atoms with Gasteiger partial charge < -0.3 is 5.11 Å². The van der Waals surface area contributed by atoms with Gasteiger partial charge in [0.05, 0.1) is 6.10 Å². The van der Waals surface area contributed by atoms with E-state index in [0.717, 1.165) is 18.8 Å². The quantitative estimate of drug-likeness (QED) is 0.554. The topological polar surface area (TPSA) is 20.2 Å². The highest BCUT2D eigenvalue weighted by Gasteiger charge is 1.99. The van der Waals surface area contributed by atoms with Crippen LogP contribution in [0.25, 0.3) is 0 Å². The van der Waals surface area contributed by atoms with Crippen LogP contribution < -0.4 is 0 Å². The molecular weight excluding hydrogens is 172 g/mol. The lowest BCUT2D eigenvalue weighted by atomic mass is 10.0. The van der Waals surface area contributed by atoms with Gasteiger partial charge in [-0.3, -0.25) is 0 Å². The van der Waals surface area contributed by atoms with Crippen LogP contribution in [0.3, 0.4) is 0 Å². The van der Waals surface area contributed by atoms with E-state index in [-0.39, 0.29) is 6.10 Å². The van der Waals surface area contributed by atoms with Gasteiger partial charge in [0.2, 0.25) is 0 Å². The Hall–Kier alpha value is -0.0400. The van der Waals surface area contributed by atoms with E-state index in [9.17, 15) is 5.11 Å². The molecule has 1 N–H and O–H groups in total. The fraction of sp³-hybridized carbons (Fsp3) is 1.00. The maximum Gasteiger partial charge on any atom is 0.0537 e. The molecule has 1 heteroatoms. The van der Waals surface area contributed by atoms with Crippen molar-refractivity contribution in [3.05, 3.63) is 0 Å². The van der Waals surface area contributed by atoms with Gasteiger partial charge in [-0.2, -0.15) is 0 Å².